The van der Waals surface area contributed by atoms with E-state index in [-0.39, 0.29) is 0 Å². The summed E-state index contributed by atoms with van der Waals surface area (Å²) in [6.45, 7) is 1.35. The number of amides is 3. The second kappa shape index (κ2) is 6.55. The number of carbonyl (C=O) groups is 3. The van der Waals surface area contributed by atoms with Gasteiger partial charge in [0.1, 0.15) is 0 Å². The van der Waals surface area contributed by atoms with Crippen LogP contribution in [0, 0.1) is 0 Å². The van der Waals surface area contributed by atoms with Crippen LogP contribution in [0.2, 0.25) is 0 Å². The third-order valence-corrected chi connectivity index (χ3v) is 2.50. The van der Waals surface area contributed by atoms with Gasteiger partial charge in [0.2, 0.25) is 0 Å². The van der Waals surface area contributed by atoms with Gasteiger partial charge in [-0.2, -0.15) is 0 Å². The van der Waals surface area contributed by atoms with E-state index < -0.39 is 24.0 Å². The van der Waals surface area contributed by atoms with Gasteiger partial charge in [0.05, 0.1) is 5.56 Å². The van der Waals surface area contributed by atoms with E-state index in [2.05, 4.69) is 0 Å². The maximum absolute atomic E-state index is 11.9. The zero-order valence-corrected chi connectivity index (χ0v) is 11.5. The number of ether oxygens (including phenoxy) is 1. The lowest BCUT2D eigenvalue weighted by atomic mass is 10.2. The molecule has 108 valence electrons. The number of benzene rings is 1. The fraction of sp³-hybridized carbons (Fsp3) is 0.308. The number of anilines is 1. The summed E-state index contributed by atoms with van der Waals surface area (Å²) in [5.74, 6) is -1.42. The van der Waals surface area contributed by atoms with Gasteiger partial charge in [-0.15, -0.1) is 0 Å². The van der Waals surface area contributed by atoms with Crippen LogP contribution in [0.3, 0.4) is 0 Å². The molecule has 3 amide bonds. The molecule has 0 saturated heterocycles. The molecule has 0 radical (unpaired) electrons. The second-order valence-electron chi connectivity index (χ2n) is 4.35. The van der Waals surface area contributed by atoms with Gasteiger partial charge in [0.25, 0.3) is 5.91 Å². The molecule has 1 rings (SSSR count). The summed E-state index contributed by atoms with van der Waals surface area (Å²) >= 11 is 0. The number of nitrogens with one attached hydrogen (secondary N) is 1. The standard InChI is InChI=1S/C13H17N3O4/c1-8(11(17)15-13(14)19)20-12(18)9-5-4-6-10(7-9)16(2)3/h4-8H,1-3H3,(H3,14,15,17,19)/t8-/m1/s1. The van der Waals surface area contributed by atoms with Crippen LogP contribution in [0.4, 0.5) is 10.5 Å². The predicted molar refractivity (Wildman–Crippen MR) is 73.4 cm³/mol. The molecule has 0 aromatic heterocycles. The number of imide groups is 1. The molecule has 1 aromatic rings. The number of rotatable bonds is 4. The first kappa shape index (κ1) is 15.5. The summed E-state index contributed by atoms with van der Waals surface area (Å²) in [5.41, 5.74) is 5.95. The smallest absolute Gasteiger partial charge is 0.338 e. The van der Waals surface area contributed by atoms with E-state index in [1.54, 1.807) is 18.2 Å². The van der Waals surface area contributed by atoms with Gasteiger partial charge < -0.3 is 15.4 Å². The largest absolute Gasteiger partial charge is 0.449 e. The van der Waals surface area contributed by atoms with Crippen molar-refractivity contribution in [2.75, 3.05) is 19.0 Å². The van der Waals surface area contributed by atoms with Crippen molar-refractivity contribution in [3.05, 3.63) is 29.8 Å². The molecule has 3 N–H and O–H groups in total. The fourth-order valence-corrected chi connectivity index (χ4v) is 1.42. The first-order chi connectivity index (χ1) is 9.31. The van der Waals surface area contributed by atoms with E-state index in [9.17, 15) is 14.4 Å². The van der Waals surface area contributed by atoms with Gasteiger partial charge in [-0.25, -0.2) is 9.59 Å². The minimum absolute atomic E-state index is 0.315. The van der Waals surface area contributed by atoms with E-state index in [1.165, 1.54) is 6.92 Å². The molecule has 0 aliphatic rings. The summed E-state index contributed by atoms with van der Waals surface area (Å²) in [6, 6.07) is 5.77. The Bertz CT molecular complexity index is 528. The first-order valence-corrected chi connectivity index (χ1v) is 5.90. The molecule has 0 fully saturated rings. The lowest BCUT2D eigenvalue weighted by molar-refractivity contribution is -0.127. The highest BCUT2D eigenvalue weighted by Gasteiger charge is 2.20. The molecule has 7 heteroatoms. The SMILES string of the molecule is C[C@@H](OC(=O)c1cccc(N(C)C)c1)C(=O)NC(N)=O. The maximum Gasteiger partial charge on any atom is 0.338 e. The minimum atomic E-state index is -1.11. The monoisotopic (exact) mass is 279 g/mol. The van der Waals surface area contributed by atoms with Gasteiger partial charge in [-0.3, -0.25) is 10.1 Å². The quantitative estimate of drug-likeness (QED) is 0.781. The van der Waals surface area contributed by atoms with Crippen LogP contribution in [-0.4, -0.2) is 38.1 Å². The van der Waals surface area contributed by atoms with E-state index in [0.717, 1.165) is 5.69 Å². The van der Waals surface area contributed by atoms with Crippen molar-refractivity contribution in [3.63, 3.8) is 0 Å². The predicted octanol–water partition coefficient (Wildman–Crippen LogP) is 0.493. The molecule has 0 heterocycles. The number of esters is 1. The normalized spacial score (nSPS) is 11.3. The highest BCUT2D eigenvalue weighted by molar-refractivity contribution is 5.98. The molecule has 1 aromatic carbocycles. The highest BCUT2D eigenvalue weighted by Crippen LogP contribution is 2.14. The Kier molecular flexibility index (Phi) is 5.08. The Balaban J connectivity index is 2.73. The van der Waals surface area contributed by atoms with E-state index in [0.29, 0.717) is 5.56 Å². The lowest BCUT2D eigenvalue weighted by Gasteiger charge is -2.15. The summed E-state index contributed by atoms with van der Waals surface area (Å²) in [4.78, 5) is 35.6. The molecule has 0 aliphatic heterocycles. The maximum atomic E-state index is 11.9. The van der Waals surface area contributed by atoms with Crippen molar-refractivity contribution < 1.29 is 19.1 Å². The van der Waals surface area contributed by atoms with Crippen molar-refractivity contribution in [3.8, 4) is 0 Å². The van der Waals surface area contributed by atoms with Crippen LogP contribution < -0.4 is 16.0 Å². The summed E-state index contributed by atoms with van der Waals surface area (Å²) in [5, 5.41) is 1.84. The summed E-state index contributed by atoms with van der Waals surface area (Å²) in [7, 11) is 3.68. The van der Waals surface area contributed by atoms with Crippen LogP contribution >= 0.6 is 0 Å². The fourth-order valence-electron chi connectivity index (χ4n) is 1.42. The minimum Gasteiger partial charge on any atom is -0.449 e. The first-order valence-electron chi connectivity index (χ1n) is 5.90. The van der Waals surface area contributed by atoms with E-state index in [4.69, 9.17) is 10.5 Å². The lowest BCUT2D eigenvalue weighted by Crippen LogP contribution is -2.42. The van der Waals surface area contributed by atoms with Crippen LogP contribution in [0.25, 0.3) is 0 Å². The van der Waals surface area contributed by atoms with Crippen LogP contribution in [0.5, 0.6) is 0 Å². The Morgan fingerprint density at radius 1 is 1.30 bits per heavy atom. The van der Waals surface area contributed by atoms with Gasteiger partial charge in [-0.05, 0) is 25.1 Å². The zero-order valence-electron chi connectivity index (χ0n) is 11.5. The Morgan fingerprint density at radius 3 is 2.50 bits per heavy atom. The molecule has 0 spiro atoms. The highest BCUT2D eigenvalue weighted by atomic mass is 16.5. The third kappa shape index (κ3) is 4.27. The average molecular weight is 279 g/mol. The number of nitrogens with zero attached hydrogens (tertiary/aromatic N) is 1. The molecule has 0 aliphatic carbocycles. The Hall–Kier alpha value is -2.57. The number of urea groups is 1. The molecule has 0 bridgehead atoms. The number of nitrogens with two attached hydrogens (primary N) is 1. The van der Waals surface area contributed by atoms with Crippen molar-refractivity contribution in [1.82, 2.24) is 5.32 Å². The van der Waals surface area contributed by atoms with Gasteiger partial charge in [-0.1, -0.05) is 6.07 Å². The molecule has 7 nitrogen and oxygen atoms in total. The average Bonchev–Trinajstić information content (AvgIpc) is 2.37. The Labute approximate surface area is 116 Å². The van der Waals surface area contributed by atoms with E-state index in [1.807, 2.05) is 30.4 Å². The molecule has 0 unspecified atom stereocenters. The zero-order chi connectivity index (χ0) is 15.3. The number of primary amides is 1. The van der Waals surface area contributed by atoms with Gasteiger partial charge >= 0.3 is 12.0 Å². The number of hydrogen-bond acceptors (Lipinski definition) is 5. The summed E-state index contributed by atoms with van der Waals surface area (Å²) < 4.78 is 4.96. The molecule has 20 heavy (non-hydrogen) atoms. The molecule has 0 saturated carbocycles. The number of carbonyl (C=O) groups excluding carboxylic acids is 3. The second-order valence-corrected chi connectivity index (χ2v) is 4.35. The third-order valence-electron chi connectivity index (χ3n) is 2.50. The molecular weight excluding hydrogens is 262 g/mol. The van der Waals surface area contributed by atoms with Crippen LogP contribution in [-0.2, 0) is 9.53 Å². The van der Waals surface area contributed by atoms with E-state index >= 15 is 0 Å². The topological polar surface area (TPSA) is 102 Å². The molecule has 1 atom stereocenters. The van der Waals surface area contributed by atoms with Gasteiger partial charge in [0, 0.05) is 19.8 Å². The van der Waals surface area contributed by atoms with Crippen molar-refractivity contribution >= 4 is 23.6 Å². The van der Waals surface area contributed by atoms with Gasteiger partial charge in [0.15, 0.2) is 6.10 Å². The molecular formula is C13H17N3O4. The van der Waals surface area contributed by atoms with Crippen molar-refractivity contribution in [1.29, 1.82) is 0 Å². The van der Waals surface area contributed by atoms with Crippen LogP contribution in [0.15, 0.2) is 24.3 Å². The van der Waals surface area contributed by atoms with Crippen molar-refractivity contribution in [2.24, 2.45) is 5.73 Å². The summed E-state index contributed by atoms with van der Waals surface area (Å²) in [6.07, 6.45) is -1.11. The number of hydrogen-bond donors (Lipinski definition) is 2. The van der Waals surface area contributed by atoms with Crippen LogP contribution in [0.1, 0.15) is 17.3 Å². The Morgan fingerprint density at radius 2 is 1.95 bits per heavy atom. The van der Waals surface area contributed by atoms with Crippen molar-refractivity contribution in [2.45, 2.75) is 13.0 Å².